The van der Waals surface area contributed by atoms with Crippen molar-refractivity contribution in [3.05, 3.63) is 23.8 Å². The maximum atomic E-state index is 13.2. The Bertz CT molecular complexity index is 1020. The number of ketones is 1. The van der Waals surface area contributed by atoms with Crippen molar-refractivity contribution in [2.75, 3.05) is 31.2 Å². The lowest BCUT2D eigenvalue weighted by molar-refractivity contribution is -0.163. The SMILES string of the molecule is CC(C)(C)C(=O)C#CC1CN(CCCOC2CCCCO2)C2C=Nc3cc(C(F)(F)F)ccc3N12. The third-order valence-corrected chi connectivity index (χ3v) is 6.40. The van der Waals surface area contributed by atoms with E-state index >= 15 is 0 Å². The molecule has 0 aromatic heterocycles. The Morgan fingerprint density at radius 3 is 2.74 bits per heavy atom. The van der Waals surface area contributed by atoms with Gasteiger partial charge in [0.25, 0.3) is 0 Å². The molecular weight excluding hydrogens is 459 g/mol. The molecule has 6 nitrogen and oxygen atoms in total. The number of fused-ring (bicyclic) bond motifs is 3. The smallest absolute Gasteiger partial charge is 0.353 e. The Kier molecular flexibility index (Phi) is 7.55. The number of nitrogens with zero attached hydrogens (tertiary/aromatic N) is 3. The molecule has 0 saturated carbocycles. The Balaban J connectivity index is 1.51. The lowest BCUT2D eigenvalue weighted by Crippen LogP contribution is -2.44. The van der Waals surface area contributed by atoms with Crippen molar-refractivity contribution in [1.29, 1.82) is 0 Å². The minimum absolute atomic E-state index is 0.146. The number of benzene rings is 1. The summed E-state index contributed by atoms with van der Waals surface area (Å²) in [6.45, 7) is 7.95. The molecule has 2 saturated heterocycles. The normalized spacial score (nSPS) is 24.5. The molecule has 3 aliphatic heterocycles. The summed E-state index contributed by atoms with van der Waals surface area (Å²) in [6, 6.07) is 3.24. The predicted molar refractivity (Wildman–Crippen MR) is 128 cm³/mol. The van der Waals surface area contributed by atoms with Gasteiger partial charge >= 0.3 is 6.18 Å². The number of halogens is 3. The number of Topliss-reactive ketones (excluding diaryl/α,β-unsaturated/α-hetero) is 1. The molecule has 0 amide bonds. The lowest BCUT2D eigenvalue weighted by atomic mass is 9.91. The van der Waals surface area contributed by atoms with Crippen molar-refractivity contribution < 1.29 is 27.4 Å². The van der Waals surface area contributed by atoms with Crippen LogP contribution >= 0.6 is 0 Å². The molecule has 2 fully saturated rings. The molecule has 9 heteroatoms. The van der Waals surface area contributed by atoms with Crippen LogP contribution in [0.15, 0.2) is 23.2 Å². The maximum Gasteiger partial charge on any atom is 0.416 e. The molecule has 3 unspecified atom stereocenters. The quantitative estimate of drug-likeness (QED) is 0.337. The van der Waals surface area contributed by atoms with Gasteiger partial charge in [0.15, 0.2) is 6.29 Å². The second kappa shape index (κ2) is 10.3. The molecule has 0 radical (unpaired) electrons. The second-order valence-corrected chi connectivity index (χ2v) is 10.2. The third kappa shape index (κ3) is 6.05. The summed E-state index contributed by atoms with van der Waals surface area (Å²) in [4.78, 5) is 20.9. The van der Waals surface area contributed by atoms with E-state index in [0.717, 1.165) is 44.4 Å². The standard InChI is InChI=1S/C26H32F3N3O3/c1-25(2,3)22(33)11-9-19-17-31(12-6-14-35-24-7-4-5-13-34-24)23-16-30-20-15-18(26(27,28)29)8-10-21(20)32(19)23/h8,10,15-16,19,23-24H,4-7,12-14,17H2,1-3H3. The summed E-state index contributed by atoms with van der Waals surface area (Å²) in [5.41, 5.74) is -0.492. The fourth-order valence-electron chi connectivity index (χ4n) is 4.42. The van der Waals surface area contributed by atoms with Crippen molar-refractivity contribution in [3.63, 3.8) is 0 Å². The van der Waals surface area contributed by atoms with E-state index in [0.29, 0.717) is 25.4 Å². The van der Waals surface area contributed by atoms with Crippen molar-refractivity contribution in [1.82, 2.24) is 4.90 Å². The zero-order valence-electron chi connectivity index (χ0n) is 20.4. The van der Waals surface area contributed by atoms with Gasteiger partial charge < -0.3 is 14.4 Å². The number of ether oxygens (including phenoxy) is 2. The Labute approximate surface area is 204 Å². The predicted octanol–water partition coefficient (Wildman–Crippen LogP) is 4.79. The molecule has 35 heavy (non-hydrogen) atoms. The van der Waals surface area contributed by atoms with Gasteiger partial charge in [-0.1, -0.05) is 26.7 Å². The molecule has 3 atom stereocenters. The van der Waals surface area contributed by atoms with Gasteiger partial charge in [-0.2, -0.15) is 13.2 Å². The Morgan fingerprint density at radius 1 is 1.26 bits per heavy atom. The van der Waals surface area contributed by atoms with Crippen molar-refractivity contribution in [2.24, 2.45) is 10.4 Å². The Morgan fingerprint density at radius 2 is 2.06 bits per heavy atom. The van der Waals surface area contributed by atoms with Gasteiger partial charge in [0.05, 0.1) is 23.5 Å². The zero-order valence-corrected chi connectivity index (χ0v) is 20.4. The Hall–Kier alpha value is -2.41. The van der Waals surface area contributed by atoms with Crippen LogP contribution in [0.25, 0.3) is 0 Å². The number of hydrogen-bond donors (Lipinski definition) is 0. The molecule has 4 rings (SSSR count). The minimum Gasteiger partial charge on any atom is -0.353 e. The molecule has 1 aromatic rings. The first kappa shape index (κ1) is 25.7. The first-order valence-electron chi connectivity index (χ1n) is 12.1. The highest BCUT2D eigenvalue weighted by atomic mass is 19.4. The number of alkyl halides is 3. The van der Waals surface area contributed by atoms with E-state index in [1.807, 2.05) is 25.7 Å². The summed E-state index contributed by atoms with van der Waals surface area (Å²) in [5, 5.41) is 0. The first-order chi connectivity index (χ1) is 16.5. The van der Waals surface area contributed by atoms with Gasteiger partial charge in [0.2, 0.25) is 5.78 Å². The van der Waals surface area contributed by atoms with Crippen LogP contribution in [0.3, 0.4) is 0 Å². The number of carbonyl (C=O) groups is 1. The van der Waals surface area contributed by atoms with E-state index in [1.165, 1.54) is 6.07 Å². The summed E-state index contributed by atoms with van der Waals surface area (Å²) in [7, 11) is 0. The molecule has 1 aromatic carbocycles. The van der Waals surface area contributed by atoms with Gasteiger partial charge in [-0.05, 0) is 49.8 Å². The molecule has 0 bridgehead atoms. The lowest BCUT2D eigenvalue weighted by Gasteiger charge is -2.34. The molecular formula is C26H32F3N3O3. The number of anilines is 1. The number of hydrogen-bond acceptors (Lipinski definition) is 6. The number of carbonyl (C=O) groups excluding carboxylic acids is 1. The van der Waals surface area contributed by atoms with Crippen LogP contribution in [0.4, 0.5) is 24.5 Å². The fraction of sp³-hybridized carbons (Fsp3) is 0.615. The van der Waals surface area contributed by atoms with Gasteiger partial charge in [-0.15, -0.1) is 0 Å². The average molecular weight is 492 g/mol. The van der Waals surface area contributed by atoms with Crippen LogP contribution in [0.2, 0.25) is 0 Å². The van der Waals surface area contributed by atoms with Gasteiger partial charge in [0, 0.05) is 31.3 Å². The largest absolute Gasteiger partial charge is 0.416 e. The zero-order chi connectivity index (χ0) is 25.2. The van der Waals surface area contributed by atoms with Crippen LogP contribution < -0.4 is 4.90 Å². The molecule has 0 N–H and O–H groups in total. The van der Waals surface area contributed by atoms with Crippen LogP contribution in [0.1, 0.15) is 52.0 Å². The fourth-order valence-corrected chi connectivity index (χ4v) is 4.42. The summed E-state index contributed by atoms with van der Waals surface area (Å²) >= 11 is 0. The average Bonchev–Trinajstić information content (AvgIpc) is 3.17. The van der Waals surface area contributed by atoms with Gasteiger partial charge in [-0.25, -0.2) is 0 Å². The van der Waals surface area contributed by atoms with Gasteiger partial charge in [-0.3, -0.25) is 14.7 Å². The molecule has 0 spiro atoms. The van der Waals surface area contributed by atoms with Crippen LogP contribution in [0.5, 0.6) is 0 Å². The van der Waals surface area contributed by atoms with E-state index in [1.54, 1.807) is 6.21 Å². The van der Waals surface area contributed by atoms with Crippen molar-refractivity contribution in [3.8, 4) is 11.8 Å². The highest BCUT2D eigenvalue weighted by molar-refractivity contribution is 5.99. The van der Waals surface area contributed by atoms with Gasteiger partial charge in [0.1, 0.15) is 12.2 Å². The monoisotopic (exact) mass is 491 g/mol. The third-order valence-electron chi connectivity index (χ3n) is 6.40. The van der Waals surface area contributed by atoms with Crippen LogP contribution in [0, 0.1) is 17.3 Å². The second-order valence-electron chi connectivity index (χ2n) is 10.2. The summed E-state index contributed by atoms with van der Waals surface area (Å²) in [5.74, 6) is 5.69. The number of rotatable bonds is 5. The molecule has 190 valence electrons. The first-order valence-corrected chi connectivity index (χ1v) is 12.1. The van der Waals surface area contributed by atoms with E-state index < -0.39 is 17.2 Å². The van der Waals surface area contributed by atoms with Crippen LogP contribution in [-0.4, -0.2) is 61.7 Å². The van der Waals surface area contributed by atoms with E-state index in [-0.39, 0.29) is 30.0 Å². The van der Waals surface area contributed by atoms with Crippen LogP contribution in [-0.2, 0) is 20.4 Å². The maximum absolute atomic E-state index is 13.2. The minimum atomic E-state index is -4.45. The number of aliphatic imine (C=N–C) groups is 1. The van der Waals surface area contributed by atoms with E-state index in [9.17, 15) is 18.0 Å². The molecule has 0 aliphatic carbocycles. The summed E-state index contributed by atoms with van der Waals surface area (Å²) in [6.07, 6.45) is 0.659. The van der Waals surface area contributed by atoms with E-state index in [2.05, 4.69) is 21.7 Å². The summed E-state index contributed by atoms with van der Waals surface area (Å²) < 4.78 is 51.2. The highest BCUT2D eigenvalue weighted by Crippen LogP contribution is 2.42. The highest BCUT2D eigenvalue weighted by Gasteiger charge is 2.41. The van der Waals surface area contributed by atoms with E-state index in [4.69, 9.17) is 9.47 Å². The van der Waals surface area contributed by atoms with Crippen molar-refractivity contribution >= 4 is 23.4 Å². The van der Waals surface area contributed by atoms with Crippen molar-refractivity contribution in [2.45, 2.75) is 71.1 Å². The molecule has 3 aliphatic rings. The molecule has 3 heterocycles. The topological polar surface area (TPSA) is 54.4 Å².